The molecule has 10 heterocycles. The van der Waals surface area contributed by atoms with Crippen LogP contribution < -0.4 is 22.8 Å². The van der Waals surface area contributed by atoms with Crippen LogP contribution in [0.3, 0.4) is 0 Å². The lowest BCUT2D eigenvalue weighted by molar-refractivity contribution is -0.662. The molecule has 0 aliphatic rings. The second-order valence-electron chi connectivity index (χ2n) is 31.2. The molecule has 0 N–H and O–H groups in total. The third-order valence-electron chi connectivity index (χ3n) is 22.6. The van der Waals surface area contributed by atoms with E-state index in [9.17, 15) is 22.0 Å². The monoisotopic (exact) mass is 1670 g/mol. The summed E-state index contributed by atoms with van der Waals surface area (Å²) in [5, 5.41) is 5.12. The molecule has 0 saturated heterocycles. The zero-order chi connectivity index (χ0) is 84.0. The van der Waals surface area contributed by atoms with Gasteiger partial charge in [-0.15, -0.1) is 56.7 Å². The fraction of sp³-hybridized carbons (Fsp3) is 0.192. The number of aryl methyl sites for hydroxylation is 14. The highest BCUT2D eigenvalue weighted by Gasteiger charge is 2.30. The van der Waals surface area contributed by atoms with Crippen LogP contribution in [0, 0.1) is 105 Å². The summed E-state index contributed by atoms with van der Waals surface area (Å²) < 4.78 is 90.2. The lowest BCUT2D eigenvalue weighted by Gasteiger charge is -2.11. The summed E-state index contributed by atoms with van der Waals surface area (Å²) in [5.74, 6) is -0.731. The van der Waals surface area contributed by atoms with Gasteiger partial charge in [-0.3, -0.25) is 0 Å². The molecule has 0 radical (unpaired) electrons. The van der Waals surface area contributed by atoms with E-state index in [1.54, 1.807) is 80.9 Å². The molecule has 0 atom stereocenters. The van der Waals surface area contributed by atoms with Crippen LogP contribution in [-0.2, 0) is 35.2 Å². The normalized spacial score (nSPS) is 11.6. The molecule has 594 valence electrons. The summed E-state index contributed by atoms with van der Waals surface area (Å²) >= 11 is 8.12. The van der Waals surface area contributed by atoms with Crippen molar-refractivity contribution < 1.29 is 44.8 Å². The van der Waals surface area contributed by atoms with Crippen molar-refractivity contribution in [3.05, 3.63) is 297 Å². The number of hydrogen-bond donors (Lipinski definition) is 0. The third kappa shape index (κ3) is 14.8. The molecule has 0 amide bonds. The smallest absolute Gasteiger partial charge is 0.231 e. The molecule has 10 nitrogen and oxygen atoms in total. The maximum atomic E-state index is 14.4. The standard InChI is InChI=1S/2C21H20FN2S.C20H18FN2S.C19H16FN2S.C18H14FN2S/c1-11-8-12(2)13(3)16(9-11)19-21-18(23-10-24(19)5)15-6-7-17(22)14(4)20(15)25-21;1-12(2)17-16(22)10-9-15-18-21(25-20(15)17)19(24(4)11-23-18)14-8-6-5-7-13(14)3;1-11-7-12(2)13(3)16(8-11)19-20-18(22-10-23(19)4)15-6-5-14(21)9-17(15)24-20;1-11-6-4-5-7-13(11)17-19-16(21-10-22(17)3)14-8-9-15(20)12(2)18(14)23-19;1-11-5-3-4-6-13(11)17-18-16(20-10-21(17)2)14-8-7-12(19)9-15(14)22-18/h6-10H,1-5H3;5-12H,1-4H3;5-10H,1-4H3;4-10H,1-3H3;3-10H,1-2H3/q5*+1. The van der Waals surface area contributed by atoms with Gasteiger partial charge in [0.1, 0.15) is 52.6 Å². The van der Waals surface area contributed by atoms with Gasteiger partial charge >= 0.3 is 0 Å². The average Bonchev–Trinajstić information content (AvgIpc) is 1.59. The summed E-state index contributed by atoms with van der Waals surface area (Å²) in [7, 11) is 10.1. The fourth-order valence-electron chi connectivity index (χ4n) is 16.2. The molecule has 0 fully saturated rings. The minimum atomic E-state index is -0.208. The van der Waals surface area contributed by atoms with Gasteiger partial charge in [0, 0.05) is 94.9 Å². The minimum Gasteiger partial charge on any atom is -0.231 e. The Bertz CT molecular complexity index is 7520. The van der Waals surface area contributed by atoms with E-state index in [0.717, 1.165) is 136 Å². The molecule has 20 heteroatoms. The van der Waals surface area contributed by atoms with Crippen molar-refractivity contribution >= 4 is 158 Å². The van der Waals surface area contributed by atoms with Crippen molar-refractivity contribution in [2.75, 3.05) is 0 Å². The molecule has 119 heavy (non-hydrogen) atoms. The predicted molar refractivity (Wildman–Crippen MR) is 485 cm³/mol. The highest BCUT2D eigenvalue weighted by atomic mass is 32.1. The summed E-state index contributed by atoms with van der Waals surface area (Å²) in [4.78, 5) is 23.1. The van der Waals surface area contributed by atoms with Gasteiger partial charge in [-0.05, 0) is 231 Å². The second kappa shape index (κ2) is 32.6. The van der Waals surface area contributed by atoms with Crippen LogP contribution in [0.2, 0.25) is 0 Å². The SMILES string of the molecule is Cc1cc(C)c(C)c(-c2c3sc4c(C)c(F)ccc4c3nc[n+]2C)c1.Cc1cc(C)c(C)c(-c2c3sc4cc(F)ccc4c3nc[n+]2C)c1.Cc1ccccc1-c1c2sc3c(C(C)C)c(F)ccc3c2nc[n+]1C.Cc1ccccc1-c1c2sc3c(C)c(F)ccc3c2nc[n+]1C.Cc1ccccc1-c1c2sc3cc(F)ccc3c2nc[n+]1C. The summed E-state index contributed by atoms with van der Waals surface area (Å²) in [5.41, 5.74) is 29.9. The van der Waals surface area contributed by atoms with Gasteiger partial charge in [0.2, 0.25) is 27.6 Å². The van der Waals surface area contributed by atoms with Gasteiger partial charge in [-0.25, -0.2) is 44.8 Å². The molecule has 20 rings (SSSR count). The zero-order valence-electron chi connectivity index (χ0n) is 69.5. The van der Waals surface area contributed by atoms with Crippen molar-refractivity contribution in [1.82, 2.24) is 24.9 Å². The Morgan fingerprint density at radius 2 is 0.555 bits per heavy atom. The van der Waals surface area contributed by atoms with E-state index >= 15 is 0 Å². The molecule has 0 aliphatic heterocycles. The summed E-state index contributed by atoms with van der Waals surface area (Å²) in [6, 6.07) is 53.9. The van der Waals surface area contributed by atoms with Crippen LogP contribution in [0.4, 0.5) is 22.0 Å². The van der Waals surface area contributed by atoms with E-state index in [1.165, 1.54) is 96.1 Å². The Morgan fingerprint density at radius 1 is 0.269 bits per heavy atom. The predicted octanol–water partition coefficient (Wildman–Crippen LogP) is 24.9. The Morgan fingerprint density at radius 3 is 0.891 bits per heavy atom. The number of benzene rings is 10. The van der Waals surface area contributed by atoms with Crippen LogP contribution >= 0.6 is 56.7 Å². The van der Waals surface area contributed by atoms with E-state index < -0.39 is 0 Å². The van der Waals surface area contributed by atoms with Crippen LogP contribution in [0.15, 0.2) is 201 Å². The molecule has 0 spiro atoms. The lowest BCUT2D eigenvalue weighted by atomic mass is 9.97. The largest absolute Gasteiger partial charge is 0.287 e. The Kier molecular flexibility index (Phi) is 22.2. The van der Waals surface area contributed by atoms with Gasteiger partial charge in [0.05, 0.1) is 35.2 Å². The van der Waals surface area contributed by atoms with Crippen molar-refractivity contribution in [2.45, 2.75) is 95.9 Å². The first kappa shape index (κ1) is 81.1. The second-order valence-corrected chi connectivity index (χ2v) is 36.4. The van der Waals surface area contributed by atoms with Gasteiger partial charge in [-0.1, -0.05) is 110 Å². The van der Waals surface area contributed by atoms with Crippen LogP contribution in [0.25, 0.3) is 158 Å². The average molecular weight is 1670 g/mol. The van der Waals surface area contributed by atoms with Crippen molar-refractivity contribution in [3.8, 4) is 56.3 Å². The maximum absolute atomic E-state index is 14.4. The van der Waals surface area contributed by atoms with Crippen molar-refractivity contribution in [3.63, 3.8) is 0 Å². The number of hydrogen-bond acceptors (Lipinski definition) is 10. The molecule has 0 unspecified atom stereocenters. The first-order valence-electron chi connectivity index (χ1n) is 39.2. The third-order valence-corrected chi connectivity index (χ3v) is 28.8. The number of halogens is 5. The van der Waals surface area contributed by atoms with Crippen LogP contribution in [0.5, 0.6) is 0 Å². The number of fused-ring (bicyclic) bond motifs is 15. The molecule has 10 aromatic heterocycles. The van der Waals surface area contributed by atoms with Gasteiger partial charge < -0.3 is 0 Å². The van der Waals surface area contributed by atoms with E-state index in [1.807, 2.05) is 164 Å². The van der Waals surface area contributed by atoms with Gasteiger partial charge in [0.15, 0.2) is 28.5 Å². The number of nitrogens with zero attached hydrogens (tertiary/aromatic N) is 10. The Balaban J connectivity index is 0.000000111. The first-order chi connectivity index (χ1) is 57.0. The van der Waals surface area contributed by atoms with E-state index in [-0.39, 0.29) is 35.0 Å². The number of thiophene rings is 5. The van der Waals surface area contributed by atoms with E-state index in [4.69, 9.17) is 0 Å². The number of aromatic nitrogens is 10. The Hall–Kier alpha value is -11.7. The zero-order valence-corrected chi connectivity index (χ0v) is 73.6. The topological polar surface area (TPSA) is 83.8 Å². The minimum absolute atomic E-state index is 0.129. The van der Waals surface area contributed by atoms with Crippen molar-refractivity contribution in [2.24, 2.45) is 35.2 Å². The Labute approximate surface area is 707 Å². The first-order valence-corrected chi connectivity index (χ1v) is 43.3. The van der Waals surface area contributed by atoms with Gasteiger partial charge in [-0.2, -0.15) is 0 Å². The quantitative estimate of drug-likeness (QED) is 0.122. The highest BCUT2D eigenvalue weighted by Crippen LogP contribution is 2.46. The summed E-state index contributed by atoms with van der Waals surface area (Å²) in [6.45, 7) is 26.9. The van der Waals surface area contributed by atoms with Crippen molar-refractivity contribution in [1.29, 1.82) is 0 Å². The van der Waals surface area contributed by atoms with Crippen LogP contribution in [0.1, 0.15) is 86.5 Å². The highest BCUT2D eigenvalue weighted by molar-refractivity contribution is 7.28. The molecule has 0 bridgehead atoms. The van der Waals surface area contributed by atoms with Gasteiger partial charge in [0.25, 0.3) is 31.6 Å². The molecule has 0 aliphatic carbocycles. The fourth-order valence-corrected chi connectivity index (χ4v) is 23.0. The molecule has 20 aromatic rings. The van der Waals surface area contributed by atoms with E-state index in [2.05, 4.69) is 168 Å². The number of rotatable bonds is 6. The molecular formula is C99H88F5N10S5+5. The van der Waals surface area contributed by atoms with E-state index in [0.29, 0.717) is 11.1 Å². The molecular weight excluding hydrogens is 1580 g/mol. The lowest BCUT2D eigenvalue weighted by Crippen LogP contribution is -2.31. The summed E-state index contributed by atoms with van der Waals surface area (Å²) in [6.07, 6.45) is 9.24. The maximum Gasteiger partial charge on any atom is 0.287 e. The molecule has 0 saturated carbocycles. The molecule has 10 aromatic carbocycles. The van der Waals surface area contributed by atoms with Crippen LogP contribution in [-0.4, -0.2) is 24.9 Å².